The van der Waals surface area contributed by atoms with Gasteiger partial charge in [-0.2, -0.15) is 0 Å². The molecule has 3 aromatic carbocycles. The summed E-state index contributed by atoms with van der Waals surface area (Å²) in [6, 6.07) is 23.5. The molecule has 0 amide bonds. The van der Waals surface area contributed by atoms with E-state index in [1.165, 1.54) is 36.4 Å². The Morgan fingerprint density at radius 2 is 1.00 bits per heavy atom. The Hall–Kier alpha value is -5.68. The summed E-state index contributed by atoms with van der Waals surface area (Å²) in [4.78, 5) is 76.0. The Morgan fingerprint density at radius 3 is 1.47 bits per heavy atom. The number of carbonyl (C=O) groups excluding carboxylic acids is 6. The van der Waals surface area contributed by atoms with Crippen LogP contribution in [0.3, 0.4) is 0 Å². The third-order valence-corrected chi connectivity index (χ3v) is 8.37. The molecule has 5 rings (SSSR count). The first-order valence-corrected chi connectivity index (χ1v) is 17.3. The molecule has 0 spiro atoms. The number of benzene rings is 3. The van der Waals surface area contributed by atoms with E-state index in [-0.39, 0.29) is 23.1 Å². The van der Waals surface area contributed by atoms with Crippen LogP contribution in [0.15, 0.2) is 91.0 Å². The summed E-state index contributed by atoms with van der Waals surface area (Å²) >= 11 is 0. The van der Waals surface area contributed by atoms with E-state index in [0.717, 1.165) is 20.8 Å². The van der Waals surface area contributed by atoms with Crippen molar-refractivity contribution < 1.29 is 76.5 Å². The molecule has 2 saturated heterocycles. The maximum absolute atomic E-state index is 13.6. The van der Waals surface area contributed by atoms with Gasteiger partial charge in [0.25, 0.3) is 0 Å². The predicted molar refractivity (Wildman–Crippen MR) is 185 cm³/mol. The fraction of sp³-hybridized carbons (Fsp3) is 0.385. The van der Waals surface area contributed by atoms with E-state index in [1.54, 1.807) is 54.6 Å². The summed E-state index contributed by atoms with van der Waals surface area (Å²) in [5, 5.41) is 11.3. The fourth-order valence-electron chi connectivity index (χ4n) is 5.93. The number of aliphatic hydroxyl groups excluding tert-OH is 1. The molecule has 9 atom stereocenters. The lowest BCUT2D eigenvalue weighted by Gasteiger charge is -2.44. The molecule has 0 radical (unpaired) electrons. The van der Waals surface area contributed by atoms with Gasteiger partial charge in [-0.3, -0.25) is 14.4 Å². The van der Waals surface area contributed by atoms with E-state index < -0.39 is 104 Å². The van der Waals surface area contributed by atoms with E-state index >= 15 is 0 Å². The lowest BCUT2D eigenvalue weighted by molar-refractivity contribution is -0.307. The highest BCUT2D eigenvalue weighted by Crippen LogP contribution is 2.32. The van der Waals surface area contributed by atoms with Crippen molar-refractivity contribution in [3.05, 3.63) is 108 Å². The van der Waals surface area contributed by atoms with Crippen LogP contribution < -0.4 is 0 Å². The van der Waals surface area contributed by atoms with Gasteiger partial charge < -0.3 is 47.7 Å². The Morgan fingerprint density at radius 1 is 0.545 bits per heavy atom. The average Bonchev–Trinajstić information content (AvgIpc) is 3.17. The summed E-state index contributed by atoms with van der Waals surface area (Å²) in [5.41, 5.74) is 0.327. The van der Waals surface area contributed by atoms with E-state index in [1.807, 2.05) is 0 Å². The molecule has 0 bridgehead atoms. The molecular formula is C39H40O16. The molecule has 0 aliphatic carbocycles. The predicted octanol–water partition coefficient (Wildman–Crippen LogP) is 2.94. The molecule has 2 aliphatic heterocycles. The van der Waals surface area contributed by atoms with Crippen molar-refractivity contribution in [2.45, 2.75) is 82.5 Å². The molecule has 0 aromatic heterocycles. The third-order valence-electron chi connectivity index (χ3n) is 8.37. The number of carbonyl (C=O) groups is 6. The highest BCUT2D eigenvalue weighted by atomic mass is 16.7. The van der Waals surface area contributed by atoms with Gasteiger partial charge in [-0.05, 0) is 36.4 Å². The van der Waals surface area contributed by atoms with Crippen LogP contribution in [-0.4, -0.2) is 109 Å². The summed E-state index contributed by atoms with van der Waals surface area (Å²) in [7, 11) is 0. The number of esters is 6. The monoisotopic (exact) mass is 764 g/mol. The van der Waals surface area contributed by atoms with Crippen molar-refractivity contribution in [1.29, 1.82) is 0 Å². The van der Waals surface area contributed by atoms with Crippen molar-refractivity contribution in [1.82, 2.24) is 0 Å². The molecule has 4 unspecified atom stereocenters. The molecule has 1 N–H and O–H groups in total. The van der Waals surface area contributed by atoms with Crippen molar-refractivity contribution in [3.8, 4) is 0 Å². The smallest absolute Gasteiger partial charge is 0.338 e. The van der Waals surface area contributed by atoms with Gasteiger partial charge in [0.1, 0.15) is 24.9 Å². The molecule has 2 heterocycles. The summed E-state index contributed by atoms with van der Waals surface area (Å²) in [5.74, 6) is -4.76. The number of hydrogen-bond donors (Lipinski definition) is 1. The second-order valence-corrected chi connectivity index (χ2v) is 12.5. The van der Waals surface area contributed by atoms with Gasteiger partial charge in [-0.15, -0.1) is 0 Å². The van der Waals surface area contributed by atoms with Crippen LogP contribution >= 0.6 is 0 Å². The molecule has 16 nitrogen and oxygen atoms in total. The second kappa shape index (κ2) is 19.1. The topological polar surface area (TPSA) is 206 Å². The van der Waals surface area contributed by atoms with Gasteiger partial charge in [0.2, 0.25) is 0 Å². The van der Waals surface area contributed by atoms with E-state index in [4.69, 9.17) is 42.6 Å². The van der Waals surface area contributed by atoms with Gasteiger partial charge in [0.15, 0.2) is 37.0 Å². The first-order chi connectivity index (χ1) is 26.4. The molecular weight excluding hydrogens is 724 g/mol. The van der Waals surface area contributed by atoms with Crippen LogP contribution in [-0.2, 0) is 57.0 Å². The zero-order chi connectivity index (χ0) is 39.5. The van der Waals surface area contributed by atoms with Crippen LogP contribution in [0.5, 0.6) is 0 Å². The summed E-state index contributed by atoms with van der Waals surface area (Å²) in [6.07, 6.45) is -13.3. The van der Waals surface area contributed by atoms with Crippen LogP contribution in [0.25, 0.3) is 0 Å². The van der Waals surface area contributed by atoms with Gasteiger partial charge in [0, 0.05) is 27.2 Å². The highest BCUT2D eigenvalue weighted by molar-refractivity contribution is 5.91. The van der Waals surface area contributed by atoms with Gasteiger partial charge in [-0.1, -0.05) is 54.6 Å². The second-order valence-electron chi connectivity index (χ2n) is 12.5. The largest absolute Gasteiger partial charge is 0.463 e. The number of ether oxygens (including phenoxy) is 9. The number of hydrogen-bond acceptors (Lipinski definition) is 16. The van der Waals surface area contributed by atoms with Crippen molar-refractivity contribution >= 4 is 35.8 Å². The van der Waals surface area contributed by atoms with E-state index in [9.17, 15) is 33.9 Å². The van der Waals surface area contributed by atoms with E-state index in [2.05, 4.69) is 0 Å². The molecule has 55 heavy (non-hydrogen) atoms. The van der Waals surface area contributed by atoms with Crippen molar-refractivity contribution in [2.75, 3.05) is 13.2 Å². The van der Waals surface area contributed by atoms with Crippen LogP contribution in [0.4, 0.5) is 0 Å². The SMILES string of the molecule is CC(=O)OCC1O[C@@H](OCC2O[C@H](O)C(OC(=O)c3ccccc3)C(OC(=O)c3ccccc3)[C@@H]2OC(=O)c2ccccc2)C[C@@H](OC(C)=O)[C@@H]1OC(C)=O. The lowest BCUT2D eigenvalue weighted by Crippen LogP contribution is -2.63. The standard InChI is InChI=1S/C39H40O16/c1-22(40)47-20-29-32(50-24(3)42)28(49-23(2)41)19-31(51-29)48-21-30-33(53-36(43)25-13-7-4-8-14-25)34(54-37(44)26-15-9-5-10-16-26)35(39(46)52-30)55-38(45)27-17-11-6-12-18-27/h4-18,28-35,39,46H,19-21H2,1-3H3/t28-,29?,30?,31-,32+,33-,34?,35?,39+/m1/s1. The average molecular weight is 765 g/mol. The van der Waals surface area contributed by atoms with Crippen LogP contribution in [0.1, 0.15) is 58.3 Å². The Balaban J connectivity index is 1.46. The summed E-state index contributed by atoms with van der Waals surface area (Å²) < 4.78 is 51.3. The highest BCUT2D eigenvalue weighted by Gasteiger charge is 2.53. The fourth-order valence-corrected chi connectivity index (χ4v) is 5.93. The molecule has 2 aliphatic rings. The maximum atomic E-state index is 13.6. The van der Waals surface area contributed by atoms with Crippen molar-refractivity contribution in [3.63, 3.8) is 0 Å². The molecule has 292 valence electrons. The number of rotatable bonds is 13. The minimum Gasteiger partial charge on any atom is -0.463 e. The minimum absolute atomic E-state index is 0.103. The lowest BCUT2D eigenvalue weighted by atomic mass is 9.97. The van der Waals surface area contributed by atoms with Gasteiger partial charge in [-0.25, -0.2) is 14.4 Å². The minimum atomic E-state index is -1.95. The third kappa shape index (κ3) is 11.2. The van der Waals surface area contributed by atoms with E-state index in [0.29, 0.717) is 0 Å². The van der Waals surface area contributed by atoms with Crippen LogP contribution in [0.2, 0.25) is 0 Å². The van der Waals surface area contributed by atoms with Gasteiger partial charge in [0.05, 0.1) is 23.3 Å². The molecule has 3 aromatic rings. The molecule has 0 saturated carbocycles. The first kappa shape index (κ1) is 40.5. The quantitative estimate of drug-likeness (QED) is 0.196. The molecule has 16 heteroatoms. The molecule has 2 fully saturated rings. The maximum Gasteiger partial charge on any atom is 0.338 e. The number of aliphatic hydroxyl groups is 1. The zero-order valence-electron chi connectivity index (χ0n) is 30.0. The van der Waals surface area contributed by atoms with Gasteiger partial charge >= 0.3 is 35.8 Å². The van der Waals surface area contributed by atoms with Crippen molar-refractivity contribution in [2.24, 2.45) is 0 Å². The Kier molecular flexibility index (Phi) is 14.0. The Bertz CT molecular complexity index is 1780. The van der Waals surface area contributed by atoms with Crippen LogP contribution in [0, 0.1) is 0 Å². The zero-order valence-corrected chi connectivity index (χ0v) is 30.0. The Labute approximate surface area is 315 Å². The summed E-state index contributed by atoms with van der Waals surface area (Å²) in [6.45, 7) is 2.52. The normalized spacial score (nSPS) is 26.1. The first-order valence-electron chi connectivity index (χ1n) is 17.3.